The standard InChI is InChI=1S/C27H23FN4O4/c1-34-22-10-9-18(14-23(22)35-17-19-16-32-13-5-4-8-25(32)30-19)31-26(33)11-12-27-29-15-24(36-27)20-6-2-3-7-21(20)28/h2-10,13-16H,11-12,17H2,1H3,(H,31,33). The van der Waals surface area contributed by atoms with Crippen molar-refractivity contribution in [1.82, 2.24) is 14.4 Å². The number of fused-ring (bicyclic) bond motifs is 1. The summed E-state index contributed by atoms with van der Waals surface area (Å²) in [6.45, 7) is 0.240. The Hall–Kier alpha value is -4.66. The molecule has 2 aromatic carbocycles. The van der Waals surface area contributed by atoms with Crippen LogP contribution in [0.1, 0.15) is 18.0 Å². The number of amides is 1. The van der Waals surface area contributed by atoms with Gasteiger partial charge in [-0.15, -0.1) is 0 Å². The van der Waals surface area contributed by atoms with E-state index in [1.54, 1.807) is 43.5 Å². The molecule has 0 aliphatic carbocycles. The predicted octanol–water partition coefficient (Wildman–Crippen LogP) is 5.29. The predicted molar refractivity (Wildman–Crippen MR) is 131 cm³/mol. The number of rotatable bonds is 9. The molecular formula is C27H23FN4O4. The molecule has 0 unspecified atom stereocenters. The number of aromatic nitrogens is 3. The van der Waals surface area contributed by atoms with Gasteiger partial charge in [0.05, 0.1) is 24.6 Å². The Labute approximate surface area is 206 Å². The van der Waals surface area contributed by atoms with E-state index in [1.807, 2.05) is 35.0 Å². The second-order valence-corrected chi connectivity index (χ2v) is 8.00. The van der Waals surface area contributed by atoms with E-state index in [-0.39, 0.29) is 25.4 Å². The van der Waals surface area contributed by atoms with Gasteiger partial charge in [0.1, 0.15) is 18.1 Å². The van der Waals surface area contributed by atoms with E-state index in [9.17, 15) is 9.18 Å². The second kappa shape index (κ2) is 10.3. The number of anilines is 1. The van der Waals surface area contributed by atoms with E-state index < -0.39 is 5.82 Å². The van der Waals surface area contributed by atoms with Gasteiger partial charge in [0.2, 0.25) is 5.91 Å². The molecule has 3 heterocycles. The van der Waals surface area contributed by atoms with Gasteiger partial charge < -0.3 is 23.6 Å². The number of oxazole rings is 1. The van der Waals surface area contributed by atoms with Gasteiger partial charge in [-0.2, -0.15) is 0 Å². The zero-order chi connectivity index (χ0) is 24.9. The first-order valence-electron chi connectivity index (χ1n) is 11.3. The molecule has 3 aromatic heterocycles. The third-order valence-electron chi connectivity index (χ3n) is 5.50. The molecule has 0 bridgehead atoms. The topological polar surface area (TPSA) is 90.9 Å². The fraction of sp³-hybridized carbons (Fsp3) is 0.148. The van der Waals surface area contributed by atoms with Crippen LogP contribution in [0.5, 0.6) is 11.5 Å². The zero-order valence-electron chi connectivity index (χ0n) is 19.5. The zero-order valence-corrected chi connectivity index (χ0v) is 19.5. The molecule has 0 spiro atoms. The number of halogens is 1. The maximum atomic E-state index is 14.0. The molecule has 5 rings (SSSR count). The lowest BCUT2D eigenvalue weighted by molar-refractivity contribution is -0.116. The highest BCUT2D eigenvalue weighted by Gasteiger charge is 2.13. The van der Waals surface area contributed by atoms with E-state index in [0.717, 1.165) is 11.3 Å². The summed E-state index contributed by atoms with van der Waals surface area (Å²) in [6.07, 6.45) is 5.69. The van der Waals surface area contributed by atoms with Crippen molar-refractivity contribution in [3.05, 3.63) is 96.7 Å². The SMILES string of the molecule is COc1ccc(NC(=O)CCc2ncc(-c3ccccc3F)o2)cc1OCc1cn2ccccc2n1. The largest absolute Gasteiger partial charge is 0.493 e. The van der Waals surface area contributed by atoms with Crippen LogP contribution in [-0.2, 0) is 17.8 Å². The third kappa shape index (κ3) is 5.20. The van der Waals surface area contributed by atoms with Crippen molar-refractivity contribution in [2.75, 3.05) is 12.4 Å². The van der Waals surface area contributed by atoms with Crippen LogP contribution in [0.4, 0.5) is 10.1 Å². The molecule has 0 saturated heterocycles. The van der Waals surface area contributed by atoms with Crippen LogP contribution < -0.4 is 14.8 Å². The Morgan fingerprint density at radius 1 is 1.11 bits per heavy atom. The van der Waals surface area contributed by atoms with E-state index in [4.69, 9.17) is 13.9 Å². The van der Waals surface area contributed by atoms with Crippen molar-refractivity contribution in [3.63, 3.8) is 0 Å². The normalized spacial score (nSPS) is 10.9. The maximum Gasteiger partial charge on any atom is 0.224 e. The van der Waals surface area contributed by atoms with Crippen molar-refractivity contribution in [2.24, 2.45) is 0 Å². The van der Waals surface area contributed by atoms with Crippen LogP contribution in [-0.4, -0.2) is 27.4 Å². The first-order valence-corrected chi connectivity index (χ1v) is 11.3. The van der Waals surface area contributed by atoms with E-state index in [1.165, 1.54) is 12.3 Å². The van der Waals surface area contributed by atoms with Crippen LogP contribution in [0.15, 0.2) is 83.7 Å². The Bertz CT molecular complexity index is 1480. The summed E-state index contributed by atoms with van der Waals surface area (Å²) in [6, 6.07) is 17.2. The third-order valence-corrected chi connectivity index (χ3v) is 5.50. The fourth-order valence-corrected chi connectivity index (χ4v) is 3.73. The molecule has 0 aliphatic heterocycles. The van der Waals surface area contributed by atoms with Gasteiger partial charge in [0, 0.05) is 37.0 Å². The summed E-state index contributed by atoms with van der Waals surface area (Å²) < 4.78 is 32.8. The molecule has 0 aliphatic rings. The molecule has 9 heteroatoms. The number of hydrogen-bond donors (Lipinski definition) is 1. The fourth-order valence-electron chi connectivity index (χ4n) is 3.73. The molecule has 1 N–H and O–H groups in total. The summed E-state index contributed by atoms with van der Waals surface area (Å²) in [4.78, 5) is 21.2. The minimum atomic E-state index is -0.392. The lowest BCUT2D eigenvalue weighted by Gasteiger charge is -2.12. The summed E-state index contributed by atoms with van der Waals surface area (Å²) in [5.41, 5.74) is 2.48. The average molecular weight is 487 g/mol. The van der Waals surface area contributed by atoms with Gasteiger partial charge in [0.15, 0.2) is 23.1 Å². The number of aryl methyl sites for hydroxylation is 1. The Balaban J connectivity index is 1.20. The van der Waals surface area contributed by atoms with E-state index in [0.29, 0.717) is 34.4 Å². The minimum absolute atomic E-state index is 0.140. The molecule has 36 heavy (non-hydrogen) atoms. The summed E-state index contributed by atoms with van der Waals surface area (Å²) >= 11 is 0. The molecule has 182 valence electrons. The summed E-state index contributed by atoms with van der Waals surface area (Å²) in [5.74, 6) is 1.08. The quantitative estimate of drug-likeness (QED) is 0.305. The minimum Gasteiger partial charge on any atom is -0.493 e. The highest BCUT2D eigenvalue weighted by molar-refractivity contribution is 5.91. The summed E-state index contributed by atoms with van der Waals surface area (Å²) in [7, 11) is 1.55. The van der Waals surface area contributed by atoms with Crippen LogP contribution in [0.25, 0.3) is 17.0 Å². The highest BCUT2D eigenvalue weighted by Crippen LogP contribution is 2.31. The van der Waals surface area contributed by atoms with Gasteiger partial charge >= 0.3 is 0 Å². The number of hydrogen-bond acceptors (Lipinski definition) is 6. The maximum absolute atomic E-state index is 14.0. The van der Waals surface area contributed by atoms with Crippen molar-refractivity contribution in [3.8, 4) is 22.8 Å². The number of carbonyl (C=O) groups is 1. The number of methoxy groups -OCH3 is 1. The number of nitrogens with one attached hydrogen (secondary N) is 1. The van der Waals surface area contributed by atoms with E-state index in [2.05, 4.69) is 15.3 Å². The highest BCUT2D eigenvalue weighted by atomic mass is 19.1. The molecule has 5 aromatic rings. The molecule has 8 nitrogen and oxygen atoms in total. The smallest absolute Gasteiger partial charge is 0.224 e. The lowest BCUT2D eigenvalue weighted by atomic mass is 10.2. The first-order chi connectivity index (χ1) is 17.6. The van der Waals surface area contributed by atoms with Crippen LogP contribution in [0.2, 0.25) is 0 Å². The number of imidazole rings is 1. The molecule has 0 fully saturated rings. The number of benzene rings is 2. The average Bonchev–Trinajstić information content (AvgIpc) is 3.53. The number of ether oxygens (including phenoxy) is 2. The van der Waals surface area contributed by atoms with Gasteiger partial charge in [-0.3, -0.25) is 4.79 Å². The first kappa shape index (κ1) is 23.1. The van der Waals surface area contributed by atoms with Crippen molar-refractivity contribution < 1.29 is 23.1 Å². The van der Waals surface area contributed by atoms with E-state index >= 15 is 0 Å². The Morgan fingerprint density at radius 2 is 1.97 bits per heavy atom. The van der Waals surface area contributed by atoms with Crippen LogP contribution in [0, 0.1) is 5.82 Å². The van der Waals surface area contributed by atoms with Gasteiger partial charge in [-0.05, 0) is 36.4 Å². The van der Waals surface area contributed by atoms with Crippen LogP contribution in [0.3, 0.4) is 0 Å². The summed E-state index contributed by atoms with van der Waals surface area (Å²) in [5, 5.41) is 2.85. The van der Waals surface area contributed by atoms with Crippen molar-refractivity contribution in [1.29, 1.82) is 0 Å². The Morgan fingerprint density at radius 3 is 2.81 bits per heavy atom. The van der Waals surface area contributed by atoms with Gasteiger partial charge in [0.25, 0.3) is 0 Å². The van der Waals surface area contributed by atoms with Gasteiger partial charge in [-0.1, -0.05) is 18.2 Å². The lowest BCUT2D eigenvalue weighted by Crippen LogP contribution is -2.12. The monoisotopic (exact) mass is 486 g/mol. The number of carbonyl (C=O) groups excluding carboxylic acids is 1. The number of nitrogens with zero attached hydrogens (tertiary/aromatic N) is 3. The van der Waals surface area contributed by atoms with Gasteiger partial charge in [-0.25, -0.2) is 14.4 Å². The molecule has 0 radical (unpaired) electrons. The molecule has 0 atom stereocenters. The molecular weight excluding hydrogens is 463 g/mol. The molecule has 1 amide bonds. The van der Waals surface area contributed by atoms with Crippen LogP contribution >= 0.6 is 0 Å². The molecule has 0 saturated carbocycles. The van der Waals surface area contributed by atoms with Crippen molar-refractivity contribution in [2.45, 2.75) is 19.4 Å². The second-order valence-electron chi connectivity index (χ2n) is 8.00. The van der Waals surface area contributed by atoms with Crippen molar-refractivity contribution >= 4 is 17.2 Å². The Kier molecular flexibility index (Phi) is 6.61. The number of pyridine rings is 1.